The summed E-state index contributed by atoms with van der Waals surface area (Å²) < 4.78 is 32.6. The minimum absolute atomic E-state index is 0.0437. The van der Waals surface area contributed by atoms with Gasteiger partial charge >= 0.3 is 5.97 Å². The summed E-state index contributed by atoms with van der Waals surface area (Å²) in [4.78, 5) is 23.6. The first-order valence-corrected chi connectivity index (χ1v) is 11.9. The van der Waals surface area contributed by atoms with E-state index in [1.165, 1.54) is 31.3 Å². The SMILES string of the molecule is CC(=O)Oc1ccc(/C=N\NC(=O)CN(c2cccc(Cl)c2)S(=O)(=O)c2ccc(C)cc2)cc1. The summed E-state index contributed by atoms with van der Waals surface area (Å²) in [5.41, 5.74) is 4.11. The lowest BCUT2D eigenvalue weighted by molar-refractivity contribution is -0.131. The first-order valence-electron chi connectivity index (χ1n) is 10.1. The van der Waals surface area contributed by atoms with Crippen LogP contribution in [0.4, 0.5) is 5.69 Å². The molecule has 3 aromatic carbocycles. The van der Waals surface area contributed by atoms with E-state index in [9.17, 15) is 18.0 Å². The smallest absolute Gasteiger partial charge is 0.308 e. The van der Waals surface area contributed by atoms with E-state index in [2.05, 4.69) is 10.5 Å². The van der Waals surface area contributed by atoms with Crippen LogP contribution in [0.15, 0.2) is 82.8 Å². The van der Waals surface area contributed by atoms with Crippen LogP contribution in [-0.2, 0) is 19.6 Å². The summed E-state index contributed by atoms with van der Waals surface area (Å²) in [7, 11) is -4.05. The zero-order valence-electron chi connectivity index (χ0n) is 18.4. The number of rotatable bonds is 8. The largest absolute Gasteiger partial charge is 0.427 e. The van der Waals surface area contributed by atoms with E-state index in [1.807, 2.05) is 6.92 Å². The topological polar surface area (TPSA) is 105 Å². The summed E-state index contributed by atoms with van der Waals surface area (Å²) in [5.74, 6) is -0.700. The average Bonchev–Trinajstić information content (AvgIpc) is 2.78. The number of anilines is 1. The van der Waals surface area contributed by atoms with Crippen molar-refractivity contribution < 1.29 is 22.7 Å². The number of benzene rings is 3. The Labute approximate surface area is 202 Å². The first kappa shape index (κ1) is 24.9. The number of hydrogen-bond donors (Lipinski definition) is 1. The van der Waals surface area contributed by atoms with Gasteiger partial charge in [0.05, 0.1) is 16.8 Å². The minimum Gasteiger partial charge on any atom is -0.427 e. The lowest BCUT2D eigenvalue weighted by atomic mass is 10.2. The van der Waals surface area contributed by atoms with Crippen molar-refractivity contribution in [2.45, 2.75) is 18.7 Å². The minimum atomic E-state index is -4.05. The van der Waals surface area contributed by atoms with Crippen molar-refractivity contribution in [2.75, 3.05) is 10.8 Å². The first-order chi connectivity index (χ1) is 16.1. The number of carbonyl (C=O) groups excluding carboxylic acids is 2. The maximum atomic E-state index is 13.3. The number of ether oxygens (including phenoxy) is 1. The third kappa shape index (κ3) is 6.66. The Hall–Kier alpha value is -3.69. The van der Waals surface area contributed by atoms with Crippen LogP contribution in [0.3, 0.4) is 0 Å². The Morgan fingerprint density at radius 3 is 2.35 bits per heavy atom. The lowest BCUT2D eigenvalue weighted by Crippen LogP contribution is -2.39. The molecule has 0 aliphatic rings. The zero-order valence-corrected chi connectivity index (χ0v) is 20.0. The predicted octanol–water partition coefficient (Wildman–Crippen LogP) is 3.92. The van der Waals surface area contributed by atoms with Crippen LogP contribution in [0.25, 0.3) is 0 Å². The summed E-state index contributed by atoms with van der Waals surface area (Å²) in [6.45, 7) is 2.64. The Balaban J connectivity index is 1.77. The average molecular weight is 500 g/mol. The van der Waals surface area contributed by atoms with Crippen LogP contribution in [0.5, 0.6) is 5.75 Å². The summed E-state index contributed by atoms with van der Waals surface area (Å²) in [5, 5.41) is 4.21. The molecule has 0 unspecified atom stereocenters. The van der Waals surface area contributed by atoms with Crippen LogP contribution < -0.4 is 14.5 Å². The number of esters is 1. The van der Waals surface area contributed by atoms with Gasteiger partial charge in [0.2, 0.25) is 0 Å². The Kier molecular flexibility index (Phi) is 8.04. The van der Waals surface area contributed by atoms with Crippen molar-refractivity contribution in [1.29, 1.82) is 0 Å². The summed E-state index contributed by atoms with van der Waals surface area (Å²) >= 11 is 6.06. The number of nitrogens with one attached hydrogen (secondary N) is 1. The van der Waals surface area contributed by atoms with Crippen molar-refractivity contribution >= 4 is 45.4 Å². The monoisotopic (exact) mass is 499 g/mol. The molecule has 0 spiro atoms. The number of hydrazone groups is 1. The molecule has 8 nitrogen and oxygen atoms in total. The number of halogens is 1. The number of sulfonamides is 1. The fraction of sp³-hybridized carbons (Fsp3) is 0.125. The molecule has 1 amide bonds. The Bertz CT molecular complexity index is 1310. The molecule has 0 aromatic heterocycles. The third-order valence-electron chi connectivity index (χ3n) is 4.54. The summed E-state index contributed by atoms with van der Waals surface area (Å²) in [6, 6.07) is 19.0. The van der Waals surface area contributed by atoms with Crippen LogP contribution in [-0.4, -0.2) is 33.1 Å². The van der Waals surface area contributed by atoms with Gasteiger partial charge in [0.15, 0.2) is 0 Å². The normalized spacial score (nSPS) is 11.3. The third-order valence-corrected chi connectivity index (χ3v) is 6.56. The van der Waals surface area contributed by atoms with Crippen molar-refractivity contribution in [3.05, 3.63) is 88.9 Å². The van der Waals surface area contributed by atoms with E-state index < -0.39 is 28.4 Å². The highest BCUT2D eigenvalue weighted by molar-refractivity contribution is 7.92. The molecule has 0 aliphatic heterocycles. The standard InChI is InChI=1S/C24H22ClN3O5S/c1-17-6-12-23(13-7-17)34(31,32)28(21-5-3-4-20(25)14-21)16-24(30)27-26-15-19-8-10-22(11-9-19)33-18(2)29/h3-15H,16H2,1-2H3,(H,27,30)/b26-15-. The highest BCUT2D eigenvalue weighted by atomic mass is 35.5. The zero-order chi connectivity index (χ0) is 24.7. The van der Waals surface area contributed by atoms with E-state index in [1.54, 1.807) is 54.6 Å². The fourth-order valence-electron chi connectivity index (χ4n) is 2.92. The van der Waals surface area contributed by atoms with Gasteiger partial charge in [-0.1, -0.05) is 35.4 Å². The van der Waals surface area contributed by atoms with Gasteiger partial charge in [0.25, 0.3) is 15.9 Å². The molecule has 34 heavy (non-hydrogen) atoms. The number of amides is 1. The van der Waals surface area contributed by atoms with Crippen molar-refractivity contribution in [3.8, 4) is 5.75 Å². The quantitative estimate of drug-likeness (QED) is 0.219. The molecule has 3 aromatic rings. The van der Waals surface area contributed by atoms with Gasteiger partial charge in [0, 0.05) is 11.9 Å². The highest BCUT2D eigenvalue weighted by Gasteiger charge is 2.27. The molecule has 0 atom stereocenters. The van der Waals surface area contributed by atoms with E-state index >= 15 is 0 Å². The maximum Gasteiger partial charge on any atom is 0.308 e. The number of aryl methyl sites for hydroxylation is 1. The molecule has 1 N–H and O–H groups in total. The molecule has 3 rings (SSSR count). The van der Waals surface area contributed by atoms with Crippen LogP contribution in [0.2, 0.25) is 5.02 Å². The molecule has 0 saturated carbocycles. The molecular weight excluding hydrogens is 478 g/mol. The second kappa shape index (κ2) is 11.0. The van der Waals surface area contributed by atoms with Crippen molar-refractivity contribution in [2.24, 2.45) is 5.10 Å². The number of nitrogens with zero attached hydrogens (tertiary/aromatic N) is 2. The second-order valence-electron chi connectivity index (χ2n) is 7.26. The van der Waals surface area contributed by atoms with Gasteiger partial charge in [-0.25, -0.2) is 13.8 Å². The molecule has 0 aliphatic carbocycles. The van der Waals surface area contributed by atoms with Crippen molar-refractivity contribution in [3.63, 3.8) is 0 Å². The highest BCUT2D eigenvalue weighted by Crippen LogP contribution is 2.26. The van der Waals surface area contributed by atoms with Gasteiger partial charge in [0.1, 0.15) is 12.3 Å². The number of carbonyl (C=O) groups is 2. The van der Waals surface area contributed by atoms with Crippen LogP contribution >= 0.6 is 11.6 Å². The second-order valence-corrected chi connectivity index (χ2v) is 9.56. The number of hydrogen-bond acceptors (Lipinski definition) is 6. The maximum absolute atomic E-state index is 13.3. The molecule has 0 bridgehead atoms. The van der Waals surface area contributed by atoms with Crippen molar-refractivity contribution in [1.82, 2.24) is 5.43 Å². The van der Waals surface area contributed by atoms with Gasteiger partial charge in [-0.05, 0) is 67.1 Å². The lowest BCUT2D eigenvalue weighted by Gasteiger charge is -2.24. The molecule has 176 valence electrons. The van der Waals surface area contributed by atoms with E-state index in [-0.39, 0.29) is 10.6 Å². The van der Waals surface area contributed by atoms with Gasteiger partial charge < -0.3 is 4.74 Å². The molecule has 0 radical (unpaired) electrons. The Morgan fingerprint density at radius 1 is 1.06 bits per heavy atom. The molecule has 0 saturated heterocycles. The predicted molar refractivity (Wildman–Crippen MR) is 131 cm³/mol. The van der Waals surface area contributed by atoms with E-state index in [0.717, 1.165) is 9.87 Å². The van der Waals surface area contributed by atoms with Crippen LogP contribution in [0, 0.1) is 6.92 Å². The molecule has 10 heteroatoms. The molecular formula is C24H22ClN3O5S. The van der Waals surface area contributed by atoms with Gasteiger partial charge in [-0.2, -0.15) is 5.10 Å². The van der Waals surface area contributed by atoms with Gasteiger partial charge in [-0.3, -0.25) is 13.9 Å². The van der Waals surface area contributed by atoms with Gasteiger partial charge in [-0.15, -0.1) is 0 Å². The summed E-state index contributed by atoms with van der Waals surface area (Å²) in [6.07, 6.45) is 1.38. The van der Waals surface area contributed by atoms with Crippen LogP contribution in [0.1, 0.15) is 18.1 Å². The molecule has 0 heterocycles. The Morgan fingerprint density at radius 2 is 1.74 bits per heavy atom. The molecule has 0 fully saturated rings. The van der Waals surface area contributed by atoms with E-state index in [4.69, 9.17) is 16.3 Å². The fourth-order valence-corrected chi connectivity index (χ4v) is 4.51. The van der Waals surface area contributed by atoms with E-state index in [0.29, 0.717) is 16.3 Å².